The van der Waals surface area contributed by atoms with E-state index in [-0.39, 0.29) is 0 Å². The van der Waals surface area contributed by atoms with Crippen molar-refractivity contribution in [1.29, 1.82) is 0 Å². The maximum absolute atomic E-state index is 5.35. The van der Waals surface area contributed by atoms with Crippen LogP contribution in [0, 0.1) is 11.7 Å². The van der Waals surface area contributed by atoms with Crippen LogP contribution in [-0.4, -0.2) is 9.55 Å². The van der Waals surface area contributed by atoms with E-state index >= 15 is 0 Å². The Bertz CT molecular complexity index is 536. The van der Waals surface area contributed by atoms with Gasteiger partial charge >= 0.3 is 0 Å². The fourth-order valence-corrected chi connectivity index (χ4v) is 2.24. The highest BCUT2D eigenvalue weighted by Gasteiger charge is 2.08. The van der Waals surface area contributed by atoms with E-state index in [4.69, 9.17) is 12.2 Å². The number of nitrogens with zero attached hydrogens (tertiary/aromatic N) is 1. The molecule has 2 aromatic rings. The summed E-state index contributed by atoms with van der Waals surface area (Å²) in [6.07, 6.45) is 1.09. The molecule has 1 aromatic carbocycles. The third-order valence-electron chi connectivity index (χ3n) is 2.90. The summed E-state index contributed by atoms with van der Waals surface area (Å²) in [5.74, 6) is 0. The van der Waals surface area contributed by atoms with Crippen LogP contribution < -0.4 is 0 Å². The lowest BCUT2D eigenvalue weighted by molar-refractivity contribution is 0.539. The Balaban J connectivity index is 2.76. The van der Waals surface area contributed by atoms with Crippen LogP contribution in [-0.2, 0) is 0 Å². The number of benzene rings is 1. The van der Waals surface area contributed by atoms with E-state index in [1.165, 1.54) is 11.1 Å². The predicted octanol–water partition coefficient (Wildman–Crippen LogP) is 3.98. The van der Waals surface area contributed by atoms with Gasteiger partial charge in [0.25, 0.3) is 0 Å². The summed E-state index contributed by atoms with van der Waals surface area (Å²) in [5, 5.41) is 0. The minimum Gasteiger partial charge on any atom is -0.331 e. The molecular weight excluding hydrogens is 204 g/mol. The van der Waals surface area contributed by atoms with Gasteiger partial charge in [0.2, 0.25) is 0 Å². The van der Waals surface area contributed by atoms with E-state index in [2.05, 4.69) is 48.5 Å². The number of aromatic amines is 1. The van der Waals surface area contributed by atoms with Gasteiger partial charge in [-0.05, 0) is 50.2 Å². The van der Waals surface area contributed by atoms with Gasteiger partial charge in [-0.2, -0.15) is 0 Å². The van der Waals surface area contributed by atoms with Gasteiger partial charge in [-0.15, -0.1) is 0 Å². The molecule has 1 unspecified atom stereocenters. The van der Waals surface area contributed by atoms with Gasteiger partial charge in [0.1, 0.15) is 0 Å². The molecule has 1 heterocycles. The molecule has 2 nitrogen and oxygen atoms in total. The summed E-state index contributed by atoms with van der Waals surface area (Å²) < 4.78 is 3.03. The molecule has 0 bridgehead atoms. The van der Waals surface area contributed by atoms with E-state index in [9.17, 15) is 0 Å². The fourth-order valence-electron chi connectivity index (χ4n) is 1.85. The average Bonchev–Trinajstić information content (AvgIpc) is 2.52. The number of aromatic nitrogens is 2. The summed E-state index contributed by atoms with van der Waals surface area (Å²) in [4.78, 5) is 3.25. The zero-order valence-electron chi connectivity index (χ0n) is 9.37. The minimum absolute atomic E-state index is 0.452. The van der Waals surface area contributed by atoms with Crippen molar-refractivity contribution >= 4 is 23.3 Å². The molecule has 3 heteroatoms. The Kier molecular flexibility index (Phi) is 2.65. The van der Waals surface area contributed by atoms with E-state index in [1.54, 1.807) is 0 Å². The van der Waals surface area contributed by atoms with Crippen molar-refractivity contribution in [2.24, 2.45) is 0 Å². The summed E-state index contributed by atoms with van der Waals surface area (Å²) in [7, 11) is 0. The molecule has 0 fully saturated rings. The number of aryl methyl sites for hydroxylation is 1. The molecule has 0 spiro atoms. The Morgan fingerprint density at radius 1 is 1.47 bits per heavy atom. The highest BCUT2D eigenvalue weighted by atomic mass is 32.1. The first kappa shape index (κ1) is 10.4. The van der Waals surface area contributed by atoms with Gasteiger partial charge in [0.15, 0.2) is 4.77 Å². The SMILES string of the molecule is CCC(C)n1c(=S)[nH]c2ccc(C)cc21. The summed E-state index contributed by atoms with van der Waals surface area (Å²) in [6.45, 7) is 6.49. The second-order valence-corrected chi connectivity index (χ2v) is 4.46. The monoisotopic (exact) mass is 220 g/mol. The van der Waals surface area contributed by atoms with Crippen LogP contribution in [0.25, 0.3) is 11.0 Å². The van der Waals surface area contributed by atoms with Crippen molar-refractivity contribution in [2.45, 2.75) is 33.2 Å². The van der Waals surface area contributed by atoms with Crippen molar-refractivity contribution in [3.63, 3.8) is 0 Å². The van der Waals surface area contributed by atoms with Gasteiger partial charge in [-0.1, -0.05) is 13.0 Å². The molecule has 0 aliphatic rings. The molecule has 0 saturated carbocycles. The molecular formula is C12H16N2S. The lowest BCUT2D eigenvalue weighted by atomic mass is 10.2. The minimum atomic E-state index is 0.452. The molecule has 1 N–H and O–H groups in total. The van der Waals surface area contributed by atoms with E-state index in [1.807, 2.05) is 0 Å². The number of hydrogen-bond donors (Lipinski definition) is 1. The van der Waals surface area contributed by atoms with Gasteiger partial charge in [-0.25, -0.2) is 0 Å². The number of rotatable bonds is 2. The Hall–Kier alpha value is -1.09. The largest absolute Gasteiger partial charge is 0.331 e. The van der Waals surface area contributed by atoms with E-state index < -0.39 is 0 Å². The summed E-state index contributed by atoms with van der Waals surface area (Å²) in [6, 6.07) is 6.84. The van der Waals surface area contributed by atoms with Gasteiger partial charge in [-0.3, -0.25) is 0 Å². The zero-order valence-corrected chi connectivity index (χ0v) is 10.2. The number of nitrogens with one attached hydrogen (secondary N) is 1. The zero-order chi connectivity index (χ0) is 11.0. The first-order valence-corrected chi connectivity index (χ1v) is 5.75. The third-order valence-corrected chi connectivity index (χ3v) is 3.20. The van der Waals surface area contributed by atoms with Crippen molar-refractivity contribution in [1.82, 2.24) is 9.55 Å². The highest BCUT2D eigenvalue weighted by Crippen LogP contribution is 2.21. The molecule has 0 amide bonds. The fraction of sp³-hybridized carbons (Fsp3) is 0.417. The van der Waals surface area contributed by atoms with Crippen LogP contribution in [0.1, 0.15) is 31.9 Å². The molecule has 80 valence electrons. The molecule has 2 rings (SSSR count). The van der Waals surface area contributed by atoms with Crippen LogP contribution in [0.2, 0.25) is 0 Å². The number of hydrogen-bond acceptors (Lipinski definition) is 1. The first-order chi connectivity index (χ1) is 7.13. The van der Waals surface area contributed by atoms with E-state index in [0.717, 1.165) is 16.7 Å². The molecule has 0 saturated heterocycles. The first-order valence-electron chi connectivity index (χ1n) is 5.34. The standard InChI is InChI=1S/C12H16N2S/c1-4-9(3)14-11-7-8(2)5-6-10(11)13-12(14)15/h5-7,9H,4H2,1-3H3,(H,13,15). The maximum Gasteiger partial charge on any atom is 0.178 e. The normalized spacial score (nSPS) is 13.3. The van der Waals surface area contributed by atoms with Gasteiger partial charge in [0.05, 0.1) is 11.0 Å². The van der Waals surface area contributed by atoms with Gasteiger partial charge < -0.3 is 9.55 Å². The van der Waals surface area contributed by atoms with Crippen LogP contribution in [0.5, 0.6) is 0 Å². The second-order valence-electron chi connectivity index (χ2n) is 4.08. The van der Waals surface area contributed by atoms with Crippen LogP contribution in [0.15, 0.2) is 18.2 Å². The quantitative estimate of drug-likeness (QED) is 0.759. The van der Waals surface area contributed by atoms with Gasteiger partial charge in [0, 0.05) is 6.04 Å². The predicted molar refractivity (Wildman–Crippen MR) is 66.9 cm³/mol. The van der Waals surface area contributed by atoms with E-state index in [0.29, 0.717) is 6.04 Å². The lowest BCUT2D eigenvalue weighted by Crippen LogP contribution is -2.03. The number of fused-ring (bicyclic) bond motifs is 1. The molecule has 1 aromatic heterocycles. The van der Waals surface area contributed by atoms with Crippen molar-refractivity contribution in [2.75, 3.05) is 0 Å². The molecule has 0 radical (unpaired) electrons. The number of H-pyrrole nitrogens is 1. The Labute approximate surface area is 94.9 Å². The Morgan fingerprint density at radius 2 is 2.20 bits per heavy atom. The average molecular weight is 220 g/mol. The lowest BCUT2D eigenvalue weighted by Gasteiger charge is -2.11. The van der Waals surface area contributed by atoms with Crippen molar-refractivity contribution in [3.05, 3.63) is 28.5 Å². The maximum atomic E-state index is 5.35. The molecule has 15 heavy (non-hydrogen) atoms. The smallest absolute Gasteiger partial charge is 0.178 e. The Morgan fingerprint density at radius 3 is 2.87 bits per heavy atom. The third kappa shape index (κ3) is 1.72. The van der Waals surface area contributed by atoms with Crippen LogP contribution in [0.3, 0.4) is 0 Å². The molecule has 0 aliphatic heterocycles. The highest BCUT2D eigenvalue weighted by molar-refractivity contribution is 7.71. The number of imidazole rings is 1. The molecule has 1 atom stereocenters. The molecule has 0 aliphatic carbocycles. The summed E-state index contributed by atoms with van der Waals surface area (Å²) in [5.41, 5.74) is 3.62. The van der Waals surface area contributed by atoms with Crippen LogP contribution in [0.4, 0.5) is 0 Å². The van der Waals surface area contributed by atoms with Crippen molar-refractivity contribution < 1.29 is 0 Å². The van der Waals surface area contributed by atoms with Crippen LogP contribution >= 0.6 is 12.2 Å². The van der Waals surface area contributed by atoms with Crippen molar-refractivity contribution in [3.8, 4) is 0 Å². The topological polar surface area (TPSA) is 20.7 Å². The summed E-state index contributed by atoms with van der Waals surface area (Å²) >= 11 is 5.35. The second kappa shape index (κ2) is 3.81.